The molecule has 0 radical (unpaired) electrons. The lowest BCUT2D eigenvalue weighted by molar-refractivity contribution is -0.113. The molecule has 8 heteroatoms. The van der Waals surface area contributed by atoms with Crippen LogP contribution in [-0.2, 0) is 11.3 Å². The highest BCUT2D eigenvalue weighted by Gasteiger charge is 2.20. The third kappa shape index (κ3) is 6.38. The molecule has 1 aromatic heterocycles. The molecule has 0 saturated heterocycles. The summed E-state index contributed by atoms with van der Waals surface area (Å²) in [5, 5.41) is 12.2. The highest BCUT2D eigenvalue weighted by molar-refractivity contribution is 7.99. The minimum Gasteiger partial charge on any atom is -0.494 e. The molecule has 33 heavy (non-hydrogen) atoms. The van der Waals surface area contributed by atoms with Gasteiger partial charge in [-0.3, -0.25) is 9.36 Å². The number of allylic oxidation sites excluding steroid dienone is 1. The minimum atomic E-state index is -0.315. The molecule has 1 amide bonds. The molecule has 0 aliphatic carbocycles. The summed E-state index contributed by atoms with van der Waals surface area (Å²) in [5.41, 5.74) is 2.98. The molecule has 1 N–H and O–H groups in total. The van der Waals surface area contributed by atoms with E-state index in [4.69, 9.17) is 9.47 Å². The first-order valence-electron chi connectivity index (χ1n) is 10.8. The molecule has 0 bridgehead atoms. The highest BCUT2D eigenvalue weighted by Crippen LogP contribution is 2.28. The molecular formula is C25H30N4O3S. The normalized spacial score (nSPS) is 11.6. The molecule has 2 aromatic carbocycles. The molecule has 7 nitrogen and oxygen atoms in total. The molecule has 1 atom stereocenters. The predicted molar refractivity (Wildman–Crippen MR) is 132 cm³/mol. The summed E-state index contributed by atoms with van der Waals surface area (Å²) in [5.74, 6) is 2.35. The van der Waals surface area contributed by atoms with Crippen LogP contribution in [0.3, 0.4) is 0 Å². The van der Waals surface area contributed by atoms with Gasteiger partial charge in [-0.2, -0.15) is 0 Å². The molecule has 3 aromatic rings. The number of amides is 1. The van der Waals surface area contributed by atoms with Gasteiger partial charge in [0.05, 0.1) is 12.4 Å². The number of aryl methyl sites for hydroxylation is 1. The summed E-state index contributed by atoms with van der Waals surface area (Å²) in [6.07, 6.45) is 1.46. The van der Waals surface area contributed by atoms with E-state index in [0.29, 0.717) is 29.8 Å². The Kier molecular flexibility index (Phi) is 8.54. The van der Waals surface area contributed by atoms with Crippen LogP contribution in [0.1, 0.15) is 36.9 Å². The lowest BCUT2D eigenvalue weighted by Gasteiger charge is -2.18. The molecule has 1 unspecified atom stereocenters. The Labute approximate surface area is 199 Å². The van der Waals surface area contributed by atoms with Gasteiger partial charge in [0.25, 0.3) is 0 Å². The Morgan fingerprint density at radius 3 is 2.67 bits per heavy atom. The molecule has 1 heterocycles. The number of nitrogens with one attached hydrogen (secondary N) is 1. The number of hydrogen-bond acceptors (Lipinski definition) is 6. The van der Waals surface area contributed by atoms with Crippen molar-refractivity contribution in [1.29, 1.82) is 0 Å². The van der Waals surface area contributed by atoms with Crippen molar-refractivity contribution in [2.75, 3.05) is 17.7 Å². The van der Waals surface area contributed by atoms with Gasteiger partial charge in [-0.05, 0) is 69.2 Å². The number of carbonyl (C=O) groups is 1. The van der Waals surface area contributed by atoms with E-state index in [0.717, 1.165) is 17.1 Å². The zero-order valence-electron chi connectivity index (χ0n) is 19.5. The fourth-order valence-corrected chi connectivity index (χ4v) is 3.99. The van der Waals surface area contributed by atoms with Gasteiger partial charge in [-0.15, -0.1) is 16.8 Å². The van der Waals surface area contributed by atoms with E-state index < -0.39 is 0 Å². The average Bonchev–Trinajstić information content (AvgIpc) is 3.20. The lowest BCUT2D eigenvalue weighted by Crippen LogP contribution is -2.15. The Balaban J connectivity index is 1.65. The second-order valence-corrected chi connectivity index (χ2v) is 8.43. The van der Waals surface area contributed by atoms with Crippen LogP contribution in [-0.4, -0.2) is 33.0 Å². The Hall–Kier alpha value is -3.26. The van der Waals surface area contributed by atoms with Crippen molar-refractivity contribution in [2.45, 2.75) is 45.5 Å². The van der Waals surface area contributed by atoms with E-state index in [9.17, 15) is 4.79 Å². The first-order chi connectivity index (χ1) is 15.9. The molecule has 0 aliphatic heterocycles. The van der Waals surface area contributed by atoms with Gasteiger partial charge in [0.1, 0.15) is 11.5 Å². The maximum absolute atomic E-state index is 12.5. The molecular weight excluding hydrogens is 436 g/mol. The van der Waals surface area contributed by atoms with Crippen molar-refractivity contribution in [1.82, 2.24) is 14.8 Å². The van der Waals surface area contributed by atoms with Crippen LogP contribution < -0.4 is 14.8 Å². The van der Waals surface area contributed by atoms with Crippen molar-refractivity contribution >= 4 is 23.4 Å². The minimum absolute atomic E-state index is 0.126. The molecule has 0 spiro atoms. The number of ether oxygens (including phenoxy) is 2. The molecule has 174 valence electrons. The van der Waals surface area contributed by atoms with Crippen molar-refractivity contribution in [3.63, 3.8) is 0 Å². The Morgan fingerprint density at radius 1 is 1.21 bits per heavy atom. The predicted octanol–water partition coefficient (Wildman–Crippen LogP) is 5.35. The quantitative estimate of drug-likeness (QED) is 0.303. The van der Waals surface area contributed by atoms with E-state index in [1.54, 1.807) is 6.08 Å². The summed E-state index contributed by atoms with van der Waals surface area (Å²) in [6, 6.07) is 13.3. The second-order valence-electron chi connectivity index (χ2n) is 7.49. The Morgan fingerprint density at radius 2 is 1.97 bits per heavy atom. The van der Waals surface area contributed by atoms with E-state index in [2.05, 4.69) is 35.1 Å². The van der Waals surface area contributed by atoms with E-state index in [1.165, 1.54) is 17.3 Å². The van der Waals surface area contributed by atoms with Gasteiger partial charge >= 0.3 is 0 Å². The van der Waals surface area contributed by atoms with Crippen LogP contribution in [0.25, 0.3) is 0 Å². The fourth-order valence-electron chi connectivity index (χ4n) is 3.23. The number of aromatic nitrogens is 3. The average molecular weight is 467 g/mol. The van der Waals surface area contributed by atoms with Crippen molar-refractivity contribution in [3.8, 4) is 11.5 Å². The van der Waals surface area contributed by atoms with Crippen LogP contribution in [0, 0.1) is 13.8 Å². The molecule has 0 fully saturated rings. The zero-order valence-corrected chi connectivity index (χ0v) is 20.3. The fraction of sp³-hybridized carbons (Fsp3) is 0.320. The van der Waals surface area contributed by atoms with Crippen molar-refractivity contribution in [3.05, 3.63) is 72.1 Å². The van der Waals surface area contributed by atoms with Crippen LogP contribution in [0.2, 0.25) is 0 Å². The number of benzene rings is 2. The van der Waals surface area contributed by atoms with Gasteiger partial charge in [-0.1, -0.05) is 30.0 Å². The van der Waals surface area contributed by atoms with Crippen molar-refractivity contribution < 1.29 is 14.3 Å². The van der Waals surface area contributed by atoms with Crippen LogP contribution in [0.15, 0.2) is 60.3 Å². The summed E-state index contributed by atoms with van der Waals surface area (Å²) >= 11 is 1.33. The molecule has 0 aliphatic rings. The topological polar surface area (TPSA) is 78.3 Å². The Bertz CT molecular complexity index is 1100. The number of nitrogens with zero attached hydrogens (tertiary/aromatic N) is 3. The van der Waals surface area contributed by atoms with E-state index in [1.807, 2.05) is 61.7 Å². The highest BCUT2D eigenvalue weighted by atomic mass is 32.2. The summed E-state index contributed by atoms with van der Waals surface area (Å²) in [4.78, 5) is 12.5. The van der Waals surface area contributed by atoms with Gasteiger partial charge in [0.15, 0.2) is 17.1 Å². The number of carbonyl (C=O) groups excluding carboxylic acids is 1. The van der Waals surface area contributed by atoms with Crippen LogP contribution in [0.4, 0.5) is 5.69 Å². The molecule has 0 saturated carbocycles. The third-order valence-corrected chi connectivity index (χ3v) is 6.03. The van der Waals surface area contributed by atoms with Gasteiger partial charge in [0.2, 0.25) is 5.91 Å². The van der Waals surface area contributed by atoms with E-state index in [-0.39, 0.29) is 17.8 Å². The number of anilines is 1. The monoisotopic (exact) mass is 466 g/mol. The zero-order chi connectivity index (χ0) is 23.8. The first kappa shape index (κ1) is 24.4. The lowest BCUT2D eigenvalue weighted by atomic mass is 10.1. The van der Waals surface area contributed by atoms with Gasteiger partial charge in [-0.25, -0.2) is 0 Å². The largest absolute Gasteiger partial charge is 0.494 e. The third-order valence-electron chi connectivity index (χ3n) is 5.06. The summed E-state index contributed by atoms with van der Waals surface area (Å²) in [7, 11) is 0. The van der Waals surface area contributed by atoms with Crippen LogP contribution >= 0.6 is 11.8 Å². The smallest absolute Gasteiger partial charge is 0.234 e. The number of rotatable bonds is 11. The van der Waals surface area contributed by atoms with E-state index >= 15 is 0 Å². The van der Waals surface area contributed by atoms with Crippen LogP contribution in [0.5, 0.6) is 11.5 Å². The van der Waals surface area contributed by atoms with Crippen molar-refractivity contribution in [2.24, 2.45) is 0 Å². The van der Waals surface area contributed by atoms with Gasteiger partial charge in [0, 0.05) is 12.2 Å². The SMILES string of the molecule is C=CCn1c(SCC(=O)Nc2ccc(OCC)cc2)nnc1C(C)Oc1cccc(C)c1C. The summed E-state index contributed by atoms with van der Waals surface area (Å²) < 4.78 is 13.5. The second kappa shape index (κ2) is 11.6. The maximum atomic E-state index is 12.5. The number of thioether (sulfide) groups is 1. The number of hydrogen-bond donors (Lipinski definition) is 1. The standard InChI is InChI=1S/C25H30N4O3S/c1-6-15-29-24(19(5)32-22-10-8-9-17(3)18(22)4)27-28-25(29)33-16-23(30)26-20-11-13-21(14-12-20)31-7-2/h6,8-14,19H,1,7,15-16H2,2-5H3,(H,26,30). The summed E-state index contributed by atoms with van der Waals surface area (Å²) in [6.45, 7) is 12.9. The first-order valence-corrected chi connectivity index (χ1v) is 11.8. The molecule has 3 rings (SSSR count). The van der Waals surface area contributed by atoms with Gasteiger partial charge < -0.3 is 14.8 Å². The maximum Gasteiger partial charge on any atom is 0.234 e.